The molecule has 15 heavy (non-hydrogen) atoms. The molecule has 3 N–H and O–H groups in total. The number of hydrogen-bond donors (Lipinski definition) is 2. The van der Waals surface area contributed by atoms with E-state index in [0.29, 0.717) is 0 Å². The first-order chi connectivity index (χ1) is 7.36. The first-order valence-corrected chi connectivity index (χ1v) is 6.50. The molecule has 1 fully saturated rings. The Morgan fingerprint density at radius 2 is 2.07 bits per heavy atom. The molecule has 0 atom stereocenters. The van der Waals surface area contributed by atoms with Gasteiger partial charge in [-0.15, -0.1) is 0 Å². The molecular weight excluding hydrogens is 186 g/mol. The average molecular weight is 213 g/mol. The minimum absolute atomic E-state index is 0.805. The van der Waals surface area contributed by atoms with E-state index in [-0.39, 0.29) is 0 Å². The predicted octanol–water partition coefficient (Wildman–Crippen LogP) is 1.05. The van der Waals surface area contributed by atoms with Crippen molar-refractivity contribution in [1.29, 1.82) is 0 Å². The van der Waals surface area contributed by atoms with Crippen molar-refractivity contribution in [2.75, 3.05) is 39.3 Å². The van der Waals surface area contributed by atoms with Gasteiger partial charge in [-0.25, -0.2) is 0 Å². The molecule has 1 rings (SSSR count). The lowest BCUT2D eigenvalue weighted by Crippen LogP contribution is -2.39. The van der Waals surface area contributed by atoms with Gasteiger partial charge in [0.05, 0.1) is 0 Å². The van der Waals surface area contributed by atoms with Crippen molar-refractivity contribution in [1.82, 2.24) is 10.2 Å². The lowest BCUT2D eigenvalue weighted by atomic mass is 9.97. The van der Waals surface area contributed by atoms with Gasteiger partial charge in [-0.2, -0.15) is 0 Å². The van der Waals surface area contributed by atoms with Crippen molar-refractivity contribution in [3.63, 3.8) is 0 Å². The summed E-state index contributed by atoms with van der Waals surface area (Å²) in [6.45, 7) is 9.03. The van der Waals surface area contributed by atoms with E-state index >= 15 is 0 Å². The van der Waals surface area contributed by atoms with Crippen LogP contribution in [0, 0.1) is 5.92 Å². The number of nitrogens with zero attached hydrogens (tertiary/aromatic N) is 1. The SMILES string of the molecule is CCCCNCC1CCN(CCN)CC1. The monoisotopic (exact) mass is 213 g/mol. The summed E-state index contributed by atoms with van der Waals surface area (Å²) in [4.78, 5) is 2.49. The molecular formula is C12H27N3. The van der Waals surface area contributed by atoms with Crippen molar-refractivity contribution in [3.05, 3.63) is 0 Å². The van der Waals surface area contributed by atoms with Crippen LogP contribution in [0.1, 0.15) is 32.6 Å². The molecule has 0 unspecified atom stereocenters. The van der Waals surface area contributed by atoms with Gasteiger partial charge in [0.2, 0.25) is 0 Å². The second-order valence-electron chi connectivity index (χ2n) is 4.63. The zero-order valence-electron chi connectivity index (χ0n) is 10.2. The molecule has 1 aliphatic heterocycles. The Bertz CT molecular complexity index is 139. The topological polar surface area (TPSA) is 41.3 Å². The number of nitrogens with two attached hydrogens (primary N) is 1. The molecule has 0 amide bonds. The van der Waals surface area contributed by atoms with Crippen LogP contribution in [0.3, 0.4) is 0 Å². The van der Waals surface area contributed by atoms with Crippen LogP contribution in [0.15, 0.2) is 0 Å². The highest BCUT2D eigenvalue weighted by Crippen LogP contribution is 2.15. The molecule has 0 aromatic rings. The Labute approximate surface area is 94.4 Å². The third-order valence-electron chi connectivity index (χ3n) is 3.29. The molecule has 0 aromatic carbocycles. The smallest absolute Gasteiger partial charge is 0.0105 e. The van der Waals surface area contributed by atoms with E-state index < -0.39 is 0 Å². The number of likely N-dealkylation sites (tertiary alicyclic amines) is 1. The highest BCUT2D eigenvalue weighted by Gasteiger charge is 2.17. The minimum Gasteiger partial charge on any atom is -0.329 e. The van der Waals surface area contributed by atoms with Crippen LogP contribution >= 0.6 is 0 Å². The van der Waals surface area contributed by atoms with Gasteiger partial charge >= 0.3 is 0 Å². The Kier molecular flexibility index (Phi) is 6.98. The minimum atomic E-state index is 0.805. The number of hydrogen-bond acceptors (Lipinski definition) is 3. The molecule has 3 nitrogen and oxygen atoms in total. The number of rotatable bonds is 7. The van der Waals surface area contributed by atoms with E-state index in [1.807, 2.05) is 0 Å². The number of nitrogens with one attached hydrogen (secondary N) is 1. The van der Waals surface area contributed by atoms with E-state index in [1.54, 1.807) is 0 Å². The Hall–Kier alpha value is -0.120. The maximum absolute atomic E-state index is 5.55. The maximum Gasteiger partial charge on any atom is 0.0105 e. The van der Waals surface area contributed by atoms with Crippen LogP contribution in [0.4, 0.5) is 0 Å². The van der Waals surface area contributed by atoms with E-state index in [4.69, 9.17) is 5.73 Å². The van der Waals surface area contributed by atoms with E-state index in [2.05, 4.69) is 17.1 Å². The Morgan fingerprint density at radius 1 is 1.33 bits per heavy atom. The molecule has 3 heteroatoms. The molecule has 0 bridgehead atoms. The molecule has 0 spiro atoms. The summed E-state index contributed by atoms with van der Waals surface area (Å²) in [5, 5.41) is 3.56. The third kappa shape index (κ3) is 5.50. The largest absolute Gasteiger partial charge is 0.329 e. The van der Waals surface area contributed by atoms with Gasteiger partial charge in [0, 0.05) is 13.1 Å². The van der Waals surface area contributed by atoms with Gasteiger partial charge < -0.3 is 16.0 Å². The summed E-state index contributed by atoms with van der Waals surface area (Å²) in [6, 6.07) is 0. The summed E-state index contributed by atoms with van der Waals surface area (Å²) in [5.41, 5.74) is 5.55. The van der Waals surface area contributed by atoms with Crippen molar-refractivity contribution >= 4 is 0 Å². The fourth-order valence-electron chi connectivity index (χ4n) is 2.20. The van der Waals surface area contributed by atoms with Crippen molar-refractivity contribution in [3.8, 4) is 0 Å². The van der Waals surface area contributed by atoms with Gasteiger partial charge in [0.1, 0.15) is 0 Å². The van der Waals surface area contributed by atoms with Crippen LogP contribution in [0.25, 0.3) is 0 Å². The van der Waals surface area contributed by atoms with Crippen molar-refractivity contribution in [2.45, 2.75) is 32.6 Å². The lowest BCUT2D eigenvalue weighted by molar-refractivity contribution is 0.186. The molecule has 90 valence electrons. The van der Waals surface area contributed by atoms with Crippen molar-refractivity contribution in [2.24, 2.45) is 11.7 Å². The van der Waals surface area contributed by atoms with Crippen LogP contribution in [0.2, 0.25) is 0 Å². The zero-order valence-corrected chi connectivity index (χ0v) is 10.2. The Morgan fingerprint density at radius 3 is 2.67 bits per heavy atom. The predicted molar refractivity (Wildman–Crippen MR) is 66.0 cm³/mol. The second kappa shape index (κ2) is 8.08. The summed E-state index contributed by atoms with van der Waals surface area (Å²) in [6.07, 6.45) is 5.30. The highest BCUT2D eigenvalue weighted by atomic mass is 15.1. The summed E-state index contributed by atoms with van der Waals surface area (Å²) in [5.74, 6) is 0.899. The Balaban J connectivity index is 1.99. The summed E-state index contributed by atoms with van der Waals surface area (Å²) < 4.78 is 0. The van der Waals surface area contributed by atoms with Crippen LogP contribution in [-0.4, -0.2) is 44.2 Å². The molecule has 0 saturated carbocycles. The van der Waals surface area contributed by atoms with Gasteiger partial charge in [0.15, 0.2) is 0 Å². The normalized spacial score (nSPS) is 19.6. The van der Waals surface area contributed by atoms with Crippen LogP contribution < -0.4 is 11.1 Å². The van der Waals surface area contributed by atoms with Crippen LogP contribution in [-0.2, 0) is 0 Å². The molecule has 1 heterocycles. The number of unbranched alkanes of at least 4 members (excludes halogenated alkanes) is 1. The third-order valence-corrected chi connectivity index (χ3v) is 3.29. The summed E-state index contributed by atoms with van der Waals surface area (Å²) >= 11 is 0. The van der Waals surface area contributed by atoms with Gasteiger partial charge in [-0.3, -0.25) is 0 Å². The van der Waals surface area contributed by atoms with Gasteiger partial charge in [-0.05, 0) is 51.4 Å². The zero-order chi connectivity index (χ0) is 10.9. The standard InChI is InChI=1S/C12H27N3/c1-2-3-7-14-11-12-4-8-15(9-5-12)10-6-13/h12,14H,2-11,13H2,1H3. The molecule has 0 aromatic heterocycles. The van der Waals surface area contributed by atoms with E-state index in [9.17, 15) is 0 Å². The van der Waals surface area contributed by atoms with Gasteiger partial charge in [-0.1, -0.05) is 13.3 Å². The van der Waals surface area contributed by atoms with E-state index in [1.165, 1.54) is 51.9 Å². The average Bonchev–Trinajstić information content (AvgIpc) is 2.27. The molecule has 0 aliphatic carbocycles. The fraction of sp³-hybridized carbons (Fsp3) is 1.00. The lowest BCUT2D eigenvalue weighted by Gasteiger charge is -2.31. The number of piperidine rings is 1. The first-order valence-electron chi connectivity index (χ1n) is 6.50. The quantitative estimate of drug-likeness (QED) is 0.621. The molecule has 0 radical (unpaired) electrons. The highest BCUT2D eigenvalue weighted by molar-refractivity contribution is 4.73. The fourth-order valence-corrected chi connectivity index (χ4v) is 2.20. The molecule has 1 aliphatic rings. The van der Waals surface area contributed by atoms with Crippen LogP contribution in [0.5, 0.6) is 0 Å². The summed E-state index contributed by atoms with van der Waals surface area (Å²) in [7, 11) is 0. The maximum atomic E-state index is 5.55. The van der Waals surface area contributed by atoms with Crippen molar-refractivity contribution < 1.29 is 0 Å². The molecule has 1 saturated heterocycles. The first kappa shape index (κ1) is 12.9. The second-order valence-corrected chi connectivity index (χ2v) is 4.63. The van der Waals surface area contributed by atoms with E-state index in [0.717, 1.165) is 19.0 Å². The van der Waals surface area contributed by atoms with Gasteiger partial charge in [0.25, 0.3) is 0 Å².